The minimum Gasteiger partial charge on any atom is -0.363 e. The monoisotopic (exact) mass is 441 g/mol. The first-order valence-corrected chi connectivity index (χ1v) is 12.5. The maximum absolute atomic E-state index is 2.68. The molecule has 0 bridgehead atoms. The summed E-state index contributed by atoms with van der Waals surface area (Å²) in [7, 11) is 0. The normalized spacial score (nSPS) is 18.4. The van der Waals surface area contributed by atoms with Crippen LogP contribution in [0.5, 0.6) is 0 Å². The van der Waals surface area contributed by atoms with Crippen molar-refractivity contribution in [2.45, 2.75) is 44.7 Å². The maximum atomic E-state index is 2.68. The summed E-state index contributed by atoms with van der Waals surface area (Å²) >= 11 is 0. The second-order valence-corrected chi connectivity index (χ2v) is 9.83. The van der Waals surface area contributed by atoms with Gasteiger partial charge in [-0.25, -0.2) is 0 Å². The lowest BCUT2D eigenvalue weighted by atomic mass is 9.93. The number of hydrogen-bond donors (Lipinski definition) is 0. The summed E-state index contributed by atoms with van der Waals surface area (Å²) in [4.78, 5) is 2.68. The van der Waals surface area contributed by atoms with Crippen molar-refractivity contribution in [3.05, 3.63) is 137 Å². The van der Waals surface area contributed by atoms with E-state index in [1.165, 1.54) is 58.3 Å². The summed E-state index contributed by atoms with van der Waals surface area (Å²) in [6.45, 7) is 3.17. The van der Waals surface area contributed by atoms with Crippen LogP contribution < -0.4 is 4.90 Å². The molecule has 1 nitrogen and oxygen atoms in total. The summed E-state index contributed by atoms with van der Waals surface area (Å²) in [5, 5.41) is 0. The van der Waals surface area contributed by atoms with Crippen LogP contribution in [0.2, 0.25) is 0 Å². The van der Waals surface area contributed by atoms with Gasteiger partial charge < -0.3 is 4.90 Å². The molecule has 0 radical (unpaired) electrons. The van der Waals surface area contributed by atoms with E-state index in [0.717, 1.165) is 6.54 Å². The van der Waals surface area contributed by atoms with Gasteiger partial charge in [0.2, 0.25) is 0 Å². The lowest BCUT2D eigenvalue weighted by Gasteiger charge is -2.27. The van der Waals surface area contributed by atoms with Crippen molar-refractivity contribution in [2.75, 3.05) is 4.90 Å². The molecule has 1 saturated carbocycles. The molecule has 0 saturated heterocycles. The lowest BCUT2D eigenvalue weighted by Crippen LogP contribution is -2.30. The summed E-state index contributed by atoms with van der Waals surface area (Å²) in [5.41, 5.74) is 10.8. The second-order valence-electron chi connectivity index (χ2n) is 9.83. The third-order valence-electron chi connectivity index (χ3n) is 7.59. The van der Waals surface area contributed by atoms with Crippen LogP contribution in [-0.2, 0) is 6.54 Å². The van der Waals surface area contributed by atoms with Crippen LogP contribution in [0.1, 0.15) is 58.6 Å². The number of nitrogens with zero attached hydrogens (tertiary/aromatic N) is 1. The van der Waals surface area contributed by atoms with Gasteiger partial charge in [-0.15, -0.1) is 0 Å². The topological polar surface area (TPSA) is 3.24 Å². The van der Waals surface area contributed by atoms with Crippen LogP contribution >= 0.6 is 0 Å². The Morgan fingerprint density at radius 2 is 1.47 bits per heavy atom. The highest BCUT2D eigenvalue weighted by Gasteiger charge is 2.41. The first-order chi connectivity index (χ1) is 16.8. The molecule has 2 atom stereocenters. The van der Waals surface area contributed by atoms with E-state index in [4.69, 9.17) is 0 Å². The Balaban J connectivity index is 1.39. The van der Waals surface area contributed by atoms with Crippen LogP contribution in [0.3, 0.4) is 0 Å². The van der Waals surface area contributed by atoms with Crippen molar-refractivity contribution in [3.63, 3.8) is 0 Å². The van der Waals surface area contributed by atoms with E-state index in [2.05, 4.69) is 121 Å². The Hall–Kier alpha value is -3.58. The van der Waals surface area contributed by atoms with Gasteiger partial charge in [-0.1, -0.05) is 103 Å². The van der Waals surface area contributed by atoms with Gasteiger partial charge in [-0.3, -0.25) is 0 Å². The molecule has 1 fully saturated rings. The van der Waals surface area contributed by atoms with E-state index < -0.39 is 0 Å². The Kier molecular flexibility index (Phi) is 5.55. The van der Waals surface area contributed by atoms with Crippen molar-refractivity contribution in [2.24, 2.45) is 0 Å². The van der Waals surface area contributed by atoms with Crippen molar-refractivity contribution < 1.29 is 0 Å². The zero-order valence-corrected chi connectivity index (χ0v) is 19.8. The summed E-state index contributed by atoms with van der Waals surface area (Å²) < 4.78 is 0. The lowest BCUT2D eigenvalue weighted by molar-refractivity contribution is 0.589. The number of hydrogen-bond acceptors (Lipinski definition) is 1. The Morgan fingerprint density at radius 3 is 2.15 bits per heavy atom. The third-order valence-corrected chi connectivity index (χ3v) is 7.59. The van der Waals surface area contributed by atoms with E-state index in [-0.39, 0.29) is 0 Å². The van der Waals surface area contributed by atoms with Crippen molar-refractivity contribution in [1.29, 1.82) is 0 Å². The molecule has 0 aromatic heterocycles. The highest BCUT2D eigenvalue weighted by atomic mass is 15.2. The Labute approximate surface area is 203 Å². The quantitative estimate of drug-likeness (QED) is 0.282. The molecule has 1 aliphatic heterocycles. The fourth-order valence-corrected chi connectivity index (χ4v) is 5.90. The van der Waals surface area contributed by atoms with E-state index in [0.29, 0.717) is 12.0 Å². The van der Waals surface area contributed by atoms with E-state index in [9.17, 15) is 0 Å². The van der Waals surface area contributed by atoms with Gasteiger partial charge in [0.15, 0.2) is 0 Å². The molecule has 1 heterocycles. The van der Waals surface area contributed by atoms with Crippen LogP contribution in [0, 0.1) is 6.92 Å². The van der Waals surface area contributed by atoms with Crippen LogP contribution in [0.25, 0.3) is 11.6 Å². The second kappa shape index (κ2) is 8.99. The summed E-state index contributed by atoms with van der Waals surface area (Å²) in [6.07, 6.45) is 6.31. The molecule has 1 aliphatic carbocycles. The summed E-state index contributed by atoms with van der Waals surface area (Å²) in [5.74, 6) is 0.658. The minimum absolute atomic E-state index is 0.637. The minimum atomic E-state index is 0.637. The van der Waals surface area contributed by atoms with E-state index >= 15 is 0 Å². The molecule has 1 heteroatoms. The van der Waals surface area contributed by atoms with Crippen molar-refractivity contribution in [3.8, 4) is 0 Å². The molecule has 0 spiro atoms. The first-order valence-electron chi connectivity index (χ1n) is 12.5. The molecule has 34 heavy (non-hydrogen) atoms. The van der Waals surface area contributed by atoms with Gasteiger partial charge in [0.25, 0.3) is 0 Å². The molecule has 2 aliphatic rings. The molecular formula is C33H31N. The van der Waals surface area contributed by atoms with Crippen molar-refractivity contribution >= 4 is 17.3 Å². The zero-order valence-electron chi connectivity index (χ0n) is 19.8. The highest BCUT2D eigenvalue weighted by Crippen LogP contribution is 2.50. The predicted molar refractivity (Wildman–Crippen MR) is 144 cm³/mol. The Bertz CT molecular complexity index is 1260. The van der Waals surface area contributed by atoms with Crippen LogP contribution in [0.4, 0.5) is 5.69 Å². The smallest absolute Gasteiger partial charge is 0.0432 e. The van der Waals surface area contributed by atoms with Crippen LogP contribution in [0.15, 0.2) is 103 Å². The van der Waals surface area contributed by atoms with Crippen molar-refractivity contribution in [1.82, 2.24) is 0 Å². The molecule has 4 aromatic carbocycles. The molecule has 6 rings (SSSR count). The SMILES string of the molecule is Cc1ccc(CN2c3ccc(C=C(c4ccccc4)c4ccccc4)cc3C3CCCC32)cc1. The number of rotatable bonds is 5. The van der Waals surface area contributed by atoms with Gasteiger partial charge in [-0.05, 0) is 71.4 Å². The third kappa shape index (κ3) is 3.96. The fourth-order valence-electron chi connectivity index (χ4n) is 5.90. The average molecular weight is 442 g/mol. The molecule has 0 amide bonds. The molecule has 2 unspecified atom stereocenters. The molecule has 0 N–H and O–H groups in total. The number of fused-ring (bicyclic) bond motifs is 3. The van der Waals surface area contributed by atoms with Gasteiger partial charge in [-0.2, -0.15) is 0 Å². The van der Waals surface area contributed by atoms with Crippen LogP contribution in [-0.4, -0.2) is 6.04 Å². The predicted octanol–water partition coefficient (Wildman–Crippen LogP) is 8.24. The molecule has 168 valence electrons. The standard InChI is InChI=1S/C33H31N/c1-24-15-17-25(18-16-24)23-34-32-14-8-13-29(32)31-22-26(19-20-33(31)34)21-30(27-9-4-2-5-10-27)28-11-6-3-7-12-28/h2-7,9-12,15-22,29,32H,8,13-14,23H2,1H3. The van der Waals surface area contributed by atoms with E-state index in [1.807, 2.05) is 0 Å². The number of anilines is 1. The molecular weight excluding hydrogens is 410 g/mol. The highest BCUT2D eigenvalue weighted by molar-refractivity contribution is 5.91. The van der Waals surface area contributed by atoms with Gasteiger partial charge in [0.1, 0.15) is 0 Å². The van der Waals surface area contributed by atoms with Gasteiger partial charge in [0, 0.05) is 24.2 Å². The fraction of sp³-hybridized carbons (Fsp3) is 0.212. The first kappa shape index (κ1) is 21.0. The number of benzene rings is 4. The molecule has 4 aromatic rings. The largest absolute Gasteiger partial charge is 0.363 e. The zero-order chi connectivity index (χ0) is 22.9. The van der Waals surface area contributed by atoms with Gasteiger partial charge >= 0.3 is 0 Å². The average Bonchev–Trinajstić information content (AvgIpc) is 3.47. The van der Waals surface area contributed by atoms with E-state index in [1.54, 1.807) is 5.56 Å². The van der Waals surface area contributed by atoms with Gasteiger partial charge in [0.05, 0.1) is 0 Å². The Morgan fingerprint density at radius 1 is 0.794 bits per heavy atom. The number of aryl methyl sites for hydroxylation is 1. The maximum Gasteiger partial charge on any atom is 0.0432 e. The summed E-state index contributed by atoms with van der Waals surface area (Å²) in [6, 6.07) is 38.4.